The van der Waals surface area contributed by atoms with Crippen molar-refractivity contribution in [3.8, 4) is 5.75 Å². The van der Waals surface area contributed by atoms with Crippen LogP contribution in [0.2, 0.25) is 0 Å². The second-order valence-electron chi connectivity index (χ2n) is 6.01. The predicted octanol–water partition coefficient (Wildman–Crippen LogP) is 1.26. The maximum absolute atomic E-state index is 7.59. The van der Waals surface area contributed by atoms with Gasteiger partial charge < -0.3 is 10.5 Å². The van der Waals surface area contributed by atoms with Crippen molar-refractivity contribution in [1.82, 2.24) is 9.80 Å². The summed E-state index contributed by atoms with van der Waals surface area (Å²) in [5, 5.41) is 7.59. The van der Waals surface area contributed by atoms with Crippen LogP contribution in [0.15, 0.2) is 18.2 Å². The van der Waals surface area contributed by atoms with Crippen LogP contribution in [-0.2, 0) is 6.54 Å². The molecule has 2 heterocycles. The second-order valence-corrected chi connectivity index (χ2v) is 6.01. The third-order valence-electron chi connectivity index (χ3n) is 4.66. The van der Waals surface area contributed by atoms with E-state index in [1.807, 2.05) is 18.2 Å². The van der Waals surface area contributed by atoms with Crippen LogP contribution >= 0.6 is 0 Å². The van der Waals surface area contributed by atoms with Gasteiger partial charge in [0.2, 0.25) is 0 Å². The Labute approximate surface area is 126 Å². The number of methoxy groups -OCH3 is 1. The van der Waals surface area contributed by atoms with Crippen LogP contribution in [0.25, 0.3) is 0 Å². The van der Waals surface area contributed by atoms with Crippen LogP contribution in [0.3, 0.4) is 0 Å². The van der Waals surface area contributed by atoms with Crippen molar-refractivity contribution in [3.05, 3.63) is 29.3 Å². The van der Waals surface area contributed by atoms with Gasteiger partial charge in [-0.2, -0.15) is 0 Å². The summed E-state index contributed by atoms with van der Waals surface area (Å²) in [7, 11) is 1.70. The van der Waals surface area contributed by atoms with Crippen molar-refractivity contribution < 1.29 is 4.74 Å². The van der Waals surface area contributed by atoms with E-state index in [4.69, 9.17) is 15.9 Å². The molecule has 5 heteroatoms. The summed E-state index contributed by atoms with van der Waals surface area (Å²) in [6.07, 6.45) is 2.66. The summed E-state index contributed by atoms with van der Waals surface area (Å²) in [5.41, 5.74) is 7.49. The van der Waals surface area contributed by atoms with Crippen molar-refractivity contribution in [2.45, 2.75) is 25.4 Å². The number of amidine groups is 1. The first-order valence-corrected chi connectivity index (χ1v) is 7.65. The van der Waals surface area contributed by atoms with Crippen LogP contribution in [0.1, 0.15) is 24.0 Å². The summed E-state index contributed by atoms with van der Waals surface area (Å²) in [5.74, 6) is 0.994. The van der Waals surface area contributed by atoms with Gasteiger partial charge in [-0.25, -0.2) is 0 Å². The van der Waals surface area contributed by atoms with E-state index in [1.54, 1.807) is 7.11 Å². The Balaban J connectivity index is 1.74. The summed E-state index contributed by atoms with van der Waals surface area (Å²) >= 11 is 0. The first-order chi connectivity index (χ1) is 10.2. The number of nitrogens with two attached hydrogens (primary N) is 1. The molecule has 1 atom stereocenters. The van der Waals surface area contributed by atoms with Crippen LogP contribution in [0.5, 0.6) is 5.75 Å². The molecule has 3 N–H and O–H groups in total. The third-order valence-corrected chi connectivity index (χ3v) is 4.66. The molecule has 3 rings (SSSR count). The van der Waals surface area contributed by atoms with E-state index in [2.05, 4.69) is 9.80 Å². The molecule has 0 radical (unpaired) electrons. The molecule has 0 bridgehead atoms. The minimum absolute atomic E-state index is 0.111. The molecule has 21 heavy (non-hydrogen) atoms. The quantitative estimate of drug-likeness (QED) is 0.646. The molecule has 1 aromatic carbocycles. The van der Waals surface area contributed by atoms with Gasteiger partial charge in [-0.15, -0.1) is 0 Å². The zero-order valence-electron chi connectivity index (χ0n) is 12.6. The van der Waals surface area contributed by atoms with E-state index in [0.717, 1.165) is 42.6 Å². The van der Waals surface area contributed by atoms with E-state index >= 15 is 0 Å². The Kier molecular flexibility index (Phi) is 4.12. The minimum atomic E-state index is 0.111. The standard InChI is InChI=1S/C16H24N4O/c1-21-15-5-4-12(16(17)18)9-13(15)10-19-7-8-20-6-2-3-14(20)11-19/h4-5,9,14H,2-3,6-8,10-11H2,1H3,(H3,17,18). The highest BCUT2D eigenvalue weighted by atomic mass is 16.5. The van der Waals surface area contributed by atoms with Gasteiger partial charge in [-0.1, -0.05) is 0 Å². The van der Waals surface area contributed by atoms with Gasteiger partial charge >= 0.3 is 0 Å². The van der Waals surface area contributed by atoms with E-state index in [-0.39, 0.29) is 5.84 Å². The largest absolute Gasteiger partial charge is 0.496 e. The number of nitrogens with zero attached hydrogens (tertiary/aromatic N) is 2. The molecule has 0 spiro atoms. The Morgan fingerprint density at radius 2 is 2.24 bits per heavy atom. The maximum atomic E-state index is 7.59. The van der Waals surface area contributed by atoms with Gasteiger partial charge in [-0.3, -0.25) is 15.2 Å². The van der Waals surface area contributed by atoms with Gasteiger partial charge in [0.15, 0.2) is 0 Å². The molecule has 5 nitrogen and oxygen atoms in total. The summed E-state index contributed by atoms with van der Waals surface area (Å²) in [6, 6.07) is 6.47. The van der Waals surface area contributed by atoms with Gasteiger partial charge in [0, 0.05) is 43.3 Å². The van der Waals surface area contributed by atoms with Gasteiger partial charge in [0.05, 0.1) is 7.11 Å². The fraction of sp³-hybridized carbons (Fsp3) is 0.562. The zero-order valence-corrected chi connectivity index (χ0v) is 12.6. The topological polar surface area (TPSA) is 65.6 Å². The lowest BCUT2D eigenvalue weighted by Gasteiger charge is -2.37. The van der Waals surface area contributed by atoms with E-state index in [9.17, 15) is 0 Å². The van der Waals surface area contributed by atoms with Crippen molar-refractivity contribution in [2.75, 3.05) is 33.3 Å². The maximum Gasteiger partial charge on any atom is 0.123 e. The Morgan fingerprint density at radius 3 is 3.00 bits per heavy atom. The lowest BCUT2D eigenvalue weighted by atomic mass is 10.1. The molecule has 2 aliphatic rings. The average Bonchev–Trinajstić information content (AvgIpc) is 2.94. The molecule has 2 saturated heterocycles. The molecule has 0 amide bonds. The highest BCUT2D eigenvalue weighted by Crippen LogP contribution is 2.26. The van der Waals surface area contributed by atoms with Crippen molar-refractivity contribution in [2.24, 2.45) is 5.73 Å². The number of nitrogen functional groups attached to an aromatic ring is 1. The zero-order chi connectivity index (χ0) is 14.8. The number of rotatable bonds is 4. The first-order valence-electron chi connectivity index (χ1n) is 7.65. The number of hydrogen-bond donors (Lipinski definition) is 2. The smallest absolute Gasteiger partial charge is 0.123 e. The third kappa shape index (κ3) is 3.04. The fourth-order valence-electron chi connectivity index (χ4n) is 3.51. The number of ether oxygens (including phenoxy) is 1. The molecule has 2 fully saturated rings. The highest BCUT2D eigenvalue weighted by molar-refractivity contribution is 5.95. The Hall–Kier alpha value is -1.59. The predicted molar refractivity (Wildman–Crippen MR) is 83.9 cm³/mol. The number of fused-ring (bicyclic) bond motifs is 1. The van der Waals surface area contributed by atoms with Crippen LogP contribution in [0.4, 0.5) is 0 Å². The SMILES string of the molecule is COc1ccc(C(=N)N)cc1CN1CCN2CCCC2C1. The molecular formula is C16H24N4O. The van der Waals surface area contributed by atoms with Crippen molar-refractivity contribution >= 4 is 5.84 Å². The molecule has 0 aromatic heterocycles. The average molecular weight is 288 g/mol. The number of benzene rings is 1. The van der Waals surface area contributed by atoms with E-state index in [1.165, 1.54) is 25.9 Å². The Bertz CT molecular complexity index is 531. The molecule has 2 aliphatic heterocycles. The lowest BCUT2D eigenvalue weighted by molar-refractivity contribution is 0.0987. The van der Waals surface area contributed by atoms with Crippen molar-refractivity contribution in [1.29, 1.82) is 5.41 Å². The molecular weight excluding hydrogens is 264 g/mol. The number of piperazine rings is 1. The van der Waals surface area contributed by atoms with Crippen molar-refractivity contribution in [3.63, 3.8) is 0 Å². The van der Waals surface area contributed by atoms with Gasteiger partial charge in [-0.05, 0) is 37.6 Å². The summed E-state index contributed by atoms with van der Waals surface area (Å²) in [4.78, 5) is 5.11. The highest BCUT2D eigenvalue weighted by Gasteiger charge is 2.30. The summed E-state index contributed by atoms with van der Waals surface area (Å²) in [6.45, 7) is 5.53. The lowest BCUT2D eigenvalue weighted by Crippen LogP contribution is -2.49. The first kappa shape index (κ1) is 14.4. The van der Waals surface area contributed by atoms with Gasteiger partial charge in [0.1, 0.15) is 11.6 Å². The summed E-state index contributed by atoms with van der Waals surface area (Å²) < 4.78 is 5.46. The normalized spacial score (nSPS) is 23.0. The second kappa shape index (κ2) is 6.03. The molecule has 1 unspecified atom stereocenters. The fourth-order valence-corrected chi connectivity index (χ4v) is 3.51. The van der Waals surface area contributed by atoms with E-state index in [0.29, 0.717) is 0 Å². The number of hydrogen-bond acceptors (Lipinski definition) is 4. The molecule has 1 aromatic rings. The van der Waals surface area contributed by atoms with Crippen LogP contribution < -0.4 is 10.5 Å². The van der Waals surface area contributed by atoms with Crippen LogP contribution in [-0.4, -0.2) is 55.0 Å². The van der Waals surface area contributed by atoms with E-state index < -0.39 is 0 Å². The molecule has 114 valence electrons. The van der Waals surface area contributed by atoms with Crippen LogP contribution in [0, 0.1) is 5.41 Å². The Morgan fingerprint density at radius 1 is 1.38 bits per heavy atom. The minimum Gasteiger partial charge on any atom is -0.496 e. The molecule has 0 saturated carbocycles. The monoisotopic (exact) mass is 288 g/mol. The molecule has 0 aliphatic carbocycles. The number of nitrogens with one attached hydrogen (secondary N) is 1. The van der Waals surface area contributed by atoms with Gasteiger partial charge in [0.25, 0.3) is 0 Å².